The number of hydrogen-bond donors (Lipinski definition) is 1. The van der Waals surface area contributed by atoms with Gasteiger partial charge in [0, 0.05) is 5.56 Å². The van der Waals surface area contributed by atoms with Crippen molar-refractivity contribution in [2.45, 2.75) is 0 Å². The summed E-state index contributed by atoms with van der Waals surface area (Å²) in [5.41, 5.74) is 0.349. The topological polar surface area (TPSA) is 57.6 Å². The Bertz CT molecular complexity index is 330. The summed E-state index contributed by atoms with van der Waals surface area (Å²) in [4.78, 5) is 11.3. The zero-order valence-corrected chi connectivity index (χ0v) is 8.79. The Morgan fingerprint density at radius 2 is 1.92 bits per heavy atom. The molecule has 0 aliphatic carbocycles. The van der Waals surface area contributed by atoms with E-state index in [2.05, 4.69) is 16.1 Å². The monoisotopic (exact) mass is 263 g/mol. The smallest absolute Gasteiger partial charge is 0.277 e. The lowest BCUT2D eigenvalue weighted by Crippen LogP contribution is -2.22. The number of nitrogens with zero attached hydrogens (tertiary/aromatic N) is 1. The summed E-state index contributed by atoms with van der Waals surface area (Å²) in [5.74, 6) is -0.554. The Kier molecular flexibility index (Phi) is 3.58. The van der Waals surface area contributed by atoms with Gasteiger partial charge >= 0.3 is 0 Å². The van der Waals surface area contributed by atoms with Crippen LogP contribution in [-0.4, -0.2) is 18.0 Å². The van der Waals surface area contributed by atoms with Crippen LogP contribution in [0.15, 0.2) is 30.3 Å². The molecule has 0 heterocycles. The van der Waals surface area contributed by atoms with Crippen molar-refractivity contribution in [2.24, 2.45) is 0 Å². The summed E-state index contributed by atoms with van der Waals surface area (Å²) in [6.45, 7) is 0. The van der Waals surface area contributed by atoms with Gasteiger partial charge in [-0.3, -0.25) is 9.35 Å². The van der Waals surface area contributed by atoms with Crippen molar-refractivity contribution < 1.29 is 13.6 Å². The van der Waals surface area contributed by atoms with Gasteiger partial charge < -0.3 is 0 Å². The van der Waals surface area contributed by atoms with Crippen LogP contribution >= 0.6 is 16.1 Å². The molecule has 1 unspecified atom stereocenters. The molecule has 0 aromatic heterocycles. The van der Waals surface area contributed by atoms with Crippen LogP contribution in [0.3, 0.4) is 0 Å². The molecule has 0 saturated carbocycles. The van der Waals surface area contributed by atoms with E-state index in [1.807, 2.05) is 0 Å². The Morgan fingerprint density at radius 3 is 2.38 bits per heavy atom. The van der Waals surface area contributed by atoms with E-state index in [0.717, 1.165) is 0 Å². The van der Waals surface area contributed by atoms with Crippen LogP contribution in [0.2, 0.25) is 0 Å². The van der Waals surface area contributed by atoms with Crippen molar-refractivity contribution >= 4 is 33.3 Å². The normalized spacial score (nSPS) is 12.2. The van der Waals surface area contributed by atoms with Gasteiger partial charge in [0.1, 0.15) is 0 Å². The van der Waals surface area contributed by atoms with E-state index in [4.69, 9.17) is 4.55 Å². The SMILES string of the molecule is O=C(c1ccccc1)N(Br)S(=O)O. The Hall–Kier alpha value is -0.720. The third-order valence-electron chi connectivity index (χ3n) is 1.32. The molecular formula is C7H6BrNO3S. The van der Waals surface area contributed by atoms with E-state index in [0.29, 0.717) is 8.89 Å². The molecule has 0 bridgehead atoms. The first-order valence-corrected chi connectivity index (χ1v) is 5.06. The van der Waals surface area contributed by atoms with E-state index in [1.165, 1.54) is 0 Å². The highest BCUT2D eigenvalue weighted by molar-refractivity contribution is 9.09. The van der Waals surface area contributed by atoms with Gasteiger partial charge in [-0.05, 0) is 12.1 Å². The van der Waals surface area contributed by atoms with Crippen molar-refractivity contribution in [3.05, 3.63) is 35.9 Å². The minimum atomic E-state index is -2.34. The summed E-state index contributed by atoms with van der Waals surface area (Å²) in [5, 5.41) is 0. The zero-order valence-electron chi connectivity index (χ0n) is 6.38. The minimum Gasteiger partial charge on any atom is -0.289 e. The number of amides is 1. The Morgan fingerprint density at radius 1 is 1.38 bits per heavy atom. The molecule has 4 nitrogen and oxygen atoms in total. The summed E-state index contributed by atoms with van der Waals surface area (Å²) in [7, 11) is 0. The minimum absolute atomic E-state index is 0.349. The maximum Gasteiger partial charge on any atom is 0.277 e. The standard InChI is InChI=1S/C7H6BrNO3S/c8-9(13(11)12)7(10)6-4-2-1-3-5-6/h1-5H,(H,11,12). The van der Waals surface area contributed by atoms with E-state index in [-0.39, 0.29) is 0 Å². The van der Waals surface area contributed by atoms with Crippen LogP contribution in [0.4, 0.5) is 0 Å². The van der Waals surface area contributed by atoms with Crippen molar-refractivity contribution in [1.29, 1.82) is 0 Å². The van der Waals surface area contributed by atoms with Gasteiger partial charge in [0.05, 0.1) is 16.1 Å². The van der Waals surface area contributed by atoms with Gasteiger partial charge in [0.25, 0.3) is 17.2 Å². The molecule has 0 aliphatic heterocycles. The maximum atomic E-state index is 11.3. The summed E-state index contributed by atoms with van der Waals surface area (Å²) < 4.78 is 19.6. The number of benzene rings is 1. The molecule has 1 aromatic rings. The van der Waals surface area contributed by atoms with Crippen LogP contribution in [0.1, 0.15) is 10.4 Å². The highest BCUT2D eigenvalue weighted by Gasteiger charge is 2.16. The predicted molar refractivity (Wildman–Crippen MR) is 52.3 cm³/mol. The number of rotatable bonds is 2. The van der Waals surface area contributed by atoms with Gasteiger partial charge in [0.2, 0.25) is 0 Å². The average Bonchev–Trinajstić information content (AvgIpc) is 2.17. The van der Waals surface area contributed by atoms with Gasteiger partial charge in [-0.1, -0.05) is 18.2 Å². The second-order valence-electron chi connectivity index (χ2n) is 2.15. The number of carbonyl (C=O) groups excluding carboxylic acids is 1. The zero-order chi connectivity index (χ0) is 9.84. The van der Waals surface area contributed by atoms with E-state index < -0.39 is 17.2 Å². The largest absolute Gasteiger partial charge is 0.289 e. The molecule has 13 heavy (non-hydrogen) atoms. The van der Waals surface area contributed by atoms with Crippen LogP contribution < -0.4 is 0 Å². The fourth-order valence-electron chi connectivity index (χ4n) is 0.753. The van der Waals surface area contributed by atoms with Gasteiger partial charge in [-0.2, -0.15) is 3.33 Å². The van der Waals surface area contributed by atoms with Crippen molar-refractivity contribution in [3.63, 3.8) is 0 Å². The van der Waals surface area contributed by atoms with Crippen LogP contribution in [0.25, 0.3) is 0 Å². The molecule has 0 fully saturated rings. The van der Waals surface area contributed by atoms with E-state index in [1.54, 1.807) is 30.3 Å². The third-order valence-corrected chi connectivity index (χ3v) is 2.82. The van der Waals surface area contributed by atoms with Gasteiger partial charge in [-0.25, -0.2) is 4.21 Å². The maximum absolute atomic E-state index is 11.3. The first kappa shape index (κ1) is 10.4. The molecule has 1 atom stereocenters. The molecule has 0 aliphatic rings. The average molecular weight is 264 g/mol. The van der Waals surface area contributed by atoms with Crippen molar-refractivity contribution in [1.82, 2.24) is 3.33 Å². The van der Waals surface area contributed by atoms with Crippen molar-refractivity contribution in [3.8, 4) is 0 Å². The summed E-state index contributed by atoms with van der Waals surface area (Å²) >= 11 is 0.337. The van der Waals surface area contributed by atoms with Crippen LogP contribution in [0, 0.1) is 0 Å². The number of carbonyl (C=O) groups is 1. The summed E-state index contributed by atoms with van der Waals surface area (Å²) in [6.07, 6.45) is 0. The fourth-order valence-corrected chi connectivity index (χ4v) is 1.21. The first-order chi connectivity index (χ1) is 6.13. The first-order valence-electron chi connectivity index (χ1n) is 3.29. The lowest BCUT2D eigenvalue weighted by atomic mass is 10.2. The lowest BCUT2D eigenvalue weighted by molar-refractivity contribution is 0.0931. The molecule has 1 rings (SSSR count). The molecule has 1 amide bonds. The van der Waals surface area contributed by atoms with Crippen LogP contribution in [0.5, 0.6) is 0 Å². The highest BCUT2D eigenvalue weighted by Crippen LogP contribution is 2.09. The van der Waals surface area contributed by atoms with Crippen molar-refractivity contribution in [2.75, 3.05) is 0 Å². The molecule has 0 radical (unpaired) electrons. The quantitative estimate of drug-likeness (QED) is 0.651. The van der Waals surface area contributed by atoms with Crippen LogP contribution in [-0.2, 0) is 11.3 Å². The second kappa shape index (κ2) is 4.50. The van der Waals surface area contributed by atoms with E-state index >= 15 is 0 Å². The van der Waals surface area contributed by atoms with Gasteiger partial charge in [0.15, 0.2) is 0 Å². The molecule has 1 N–H and O–H groups in total. The highest BCUT2D eigenvalue weighted by atomic mass is 79.9. The summed E-state index contributed by atoms with van der Waals surface area (Å²) in [6, 6.07) is 8.22. The van der Waals surface area contributed by atoms with E-state index in [9.17, 15) is 9.00 Å². The molecule has 1 aromatic carbocycles. The molecule has 70 valence electrons. The predicted octanol–water partition coefficient (Wildman–Crippen LogP) is 1.58. The number of halogens is 1. The molecule has 0 spiro atoms. The van der Waals surface area contributed by atoms with Gasteiger partial charge in [-0.15, -0.1) is 0 Å². The third kappa shape index (κ3) is 2.61. The molecule has 6 heteroatoms. The second-order valence-corrected chi connectivity index (χ2v) is 4.15. The molecular weight excluding hydrogens is 258 g/mol. The Balaban J connectivity index is 2.86. The molecule has 0 saturated heterocycles. The Labute approximate surface area is 86.3 Å². The fraction of sp³-hybridized carbons (Fsp3) is 0. The lowest BCUT2D eigenvalue weighted by Gasteiger charge is -2.07. The number of hydrogen-bond acceptors (Lipinski definition) is 2.